The molecule has 2 amide bonds. The summed E-state index contributed by atoms with van der Waals surface area (Å²) in [6.07, 6.45) is 6.49. The van der Waals surface area contributed by atoms with E-state index in [-0.39, 0.29) is 22.9 Å². The molecule has 2 aromatic rings. The van der Waals surface area contributed by atoms with Crippen LogP contribution in [0.2, 0.25) is 0 Å². The summed E-state index contributed by atoms with van der Waals surface area (Å²) in [5, 5.41) is 6.31. The fourth-order valence-electron chi connectivity index (χ4n) is 4.66. The number of carbonyl (C=O) groups is 2. The molecule has 2 aliphatic rings. The van der Waals surface area contributed by atoms with Crippen molar-refractivity contribution in [3.63, 3.8) is 0 Å². The molecule has 2 fully saturated rings. The molecule has 2 unspecified atom stereocenters. The Morgan fingerprint density at radius 2 is 1.75 bits per heavy atom. The molecule has 2 aliphatic carbocycles. The van der Waals surface area contributed by atoms with Crippen LogP contribution in [0.15, 0.2) is 36.5 Å². The minimum Gasteiger partial charge on any atom is -0.347 e. The highest BCUT2D eigenvalue weighted by Gasteiger charge is 2.52. The minimum atomic E-state index is -0.429. The van der Waals surface area contributed by atoms with Gasteiger partial charge in [-0.25, -0.2) is 14.4 Å². The van der Waals surface area contributed by atoms with Crippen LogP contribution in [0, 0.1) is 12.7 Å². The molecule has 146 valence electrons. The standard InChI is InChI=1S/C21H23FN4O2/c1-14-23-11-6-17(24-14)19(28)26-21-8-3-7-20(13-21,9-10-21)25-18(27)15-4-2-5-16(22)12-15/h2,4-6,11-12H,3,7-10,13H2,1H3,(H,25,27)(H,26,28). The zero-order chi connectivity index (χ0) is 19.8. The van der Waals surface area contributed by atoms with Crippen LogP contribution in [-0.4, -0.2) is 32.9 Å². The summed E-state index contributed by atoms with van der Waals surface area (Å²) < 4.78 is 13.4. The van der Waals surface area contributed by atoms with Crippen LogP contribution in [0.4, 0.5) is 4.39 Å². The molecule has 28 heavy (non-hydrogen) atoms. The van der Waals surface area contributed by atoms with Gasteiger partial charge in [-0.15, -0.1) is 0 Å². The van der Waals surface area contributed by atoms with Gasteiger partial charge in [0.15, 0.2) is 0 Å². The highest BCUT2D eigenvalue weighted by Crippen LogP contribution is 2.48. The molecule has 4 rings (SSSR count). The van der Waals surface area contributed by atoms with E-state index in [0.29, 0.717) is 23.5 Å². The molecule has 1 aromatic carbocycles. The average Bonchev–Trinajstić information content (AvgIpc) is 2.91. The smallest absolute Gasteiger partial charge is 0.270 e. The fraction of sp³-hybridized carbons (Fsp3) is 0.429. The second kappa shape index (κ2) is 6.96. The van der Waals surface area contributed by atoms with Gasteiger partial charge in [-0.3, -0.25) is 9.59 Å². The Morgan fingerprint density at radius 3 is 2.43 bits per heavy atom. The summed E-state index contributed by atoms with van der Waals surface area (Å²) in [5.74, 6) is -0.353. The Hall–Kier alpha value is -2.83. The number of aromatic nitrogens is 2. The summed E-state index contributed by atoms with van der Waals surface area (Å²) in [6, 6.07) is 7.32. The first-order valence-electron chi connectivity index (χ1n) is 9.59. The fourth-order valence-corrected chi connectivity index (χ4v) is 4.66. The van der Waals surface area contributed by atoms with E-state index in [2.05, 4.69) is 20.6 Å². The molecule has 0 spiro atoms. The van der Waals surface area contributed by atoms with Crippen molar-refractivity contribution >= 4 is 11.8 Å². The summed E-state index contributed by atoms with van der Waals surface area (Å²) in [7, 11) is 0. The molecule has 7 heteroatoms. The third-order valence-electron chi connectivity index (χ3n) is 5.92. The molecule has 2 atom stereocenters. The van der Waals surface area contributed by atoms with E-state index in [4.69, 9.17) is 0 Å². The Kier molecular flexibility index (Phi) is 4.61. The minimum absolute atomic E-state index is 0.209. The van der Waals surface area contributed by atoms with Crippen molar-refractivity contribution in [1.29, 1.82) is 0 Å². The maximum absolute atomic E-state index is 13.4. The Bertz CT molecular complexity index is 861. The first-order chi connectivity index (χ1) is 13.4. The van der Waals surface area contributed by atoms with E-state index in [1.807, 2.05) is 0 Å². The number of nitrogens with zero attached hydrogens (tertiary/aromatic N) is 2. The molecule has 2 saturated carbocycles. The van der Waals surface area contributed by atoms with Crippen molar-refractivity contribution in [2.24, 2.45) is 0 Å². The Balaban J connectivity index is 1.48. The third-order valence-corrected chi connectivity index (χ3v) is 5.92. The zero-order valence-electron chi connectivity index (χ0n) is 15.8. The van der Waals surface area contributed by atoms with Gasteiger partial charge >= 0.3 is 0 Å². The topological polar surface area (TPSA) is 84.0 Å². The van der Waals surface area contributed by atoms with Crippen LogP contribution in [0.5, 0.6) is 0 Å². The molecule has 6 nitrogen and oxygen atoms in total. The number of amides is 2. The van der Waals surface area contributed by atoms with E-state index in [1.165, 1.54) is 18.2 Å². The van der Waals surface area contributed by atoms with E-state index in [9.17, 15) is 14.0 Å². The Morgan fingerprint density at radius 1 is 1.04 bits per heavy atom. The van der Waals surface area contributed by atoms with Crippen molar-refractivity contribution in [2.45, 2.75) is 56.5 Å². The second-order valence-electron chi connectivity index (χ2n) is 8.00. The van der Waals surface area contributed by atoms with Gasteiger partial charge in [0, 0.05) is 22.8 Å². The highest BCUT2D eigenvalue weighted by molar-refractivity contribution is 5.95. The average molecular weight is 382 g/mol. The van der Waals surface area contributed by atoms with Gasteiger partial charge in [-0.2, -0.15) is 0 Å². The molecule has 1 aromatic heterocycles. The summed E-state index contributed by atoms with van der Waals surface area (Å²) in [6.45, 7) is 1.75. The number of halogens is 1. The number of fused-ring (bicyclic) bond motifs is 2. The van der Waals surface area contributed by atoms with Crippen LogP contribution in [0.25, 0.3) is 0 Å². The molecular formula is C21H23FN4O2. The monoisotopic (exact) mass is 382 g/mol. The lowest BCUT2D eigenvalue weighted by molar-refractivity contribution is 0.0829. The number of hydrogen-bond donors (Lipinski definition) is 2. The number of benzene rings is 1. The van der Waals surface area contributed by atoms with E-state index >= 15 is 0 Å². The van der Waals surface area contributed by atoms with Crippen molar-refractivity contribution in [1.82, 2.24) is 20.6 Å². The van der Waals surface area contributed by atoms with E-state index < -0.39 is 5.82 Å². The lowest BCUT2D eigenvalue weighted by Gasteiger charge is -2.40. The number of rotatable bonds is 4. The molecule has 2 bridgehead atoms. The predicted molar refractivity (Wildman–Crippen MR) is 101 cm³/mol. The van der Waals surface area contributed by atoms with Crippen LogP contribution in [0.1, 0.15) is 65.2 Å². The van der Waals surface area contributed by atoms with E-state index in [0.717, 1.165) is 32.1 Å². The maximum atomic E-state index is 13.4. The maximum Gasteiger partial charge on any atom is 0.270 e. The lowest BCUT2D eigenvalue weighted by atomic mass is 9.78. The normalized spacial score (nSPS) is 25.9. The summed E-state index contributed by atoms with van der Waals surface area (Å²) in [4.78, 5) is 33.6. The molecule has 0 saturated heterocycles. The van der Waals surface area contributed by atoms with Gasteiger partial charge in [0.05, 0.1) is 0 Å². The first-order valence-corrected chi connectivity index (χ1v) is 9.59. The molecule has 0 radical (unpaired) electrons. The van der Waals surface area contributed by atoms with Crippen molar-refractivity contribution < 1.29 is 14.0 Å². The van der Waals surface area contributed by atoms with Crippen LogP contribution in [-0.2, 0) is 0 Å². The van der Waals surface area contributed by atoms with Gasteiger partial charge in [-0.05, 0) is 69.7 Å². The lowest BCUT2D eigenvalue weighted by Crippen LogP contribution is -2.55. The SMILES string of the molecule is Cc1nccc(C(=O)NC23CCCC(NC(=O)c4cccc(F)c4)(CC2)C3)n1. The summed E-state index contributed by atoms with van der Waals surface area (Å²) in [5.41, 5.74) is -0.0355. The number of aryl methyl sites for hydroxylation is 1. The van der Waals surface area contributed by atoms with Gasteiger partial charge in [0.25, 0.3) is 11.8 Å². The van der Waals surface area contributed by atoms with Gasteiger partial charge in [-0.1, -0.05) is 6.07 Å². The zero-order valence-corrected chi connectivity index (χ0v) is 15.8. The van der Waals surface area contributed by atoms with Crippen LogP contribution in [0.3, 0.4) is 0 Å². The molecule has 2 N–H and O–H groups in total. The second-order valence-corrected chi connectivity index (χ2v) is 8.00. The molecule has 1 heterocycles. The van der Waals surface area contributed by atoms with E-state index in [1.54, 1.807) is 25.3 Å². The highest BCUT2D eigenvalue weighted by atomic mass is 19.1. The van der Waals surface area contributed by atoms with Gasteiger partial charge < -0.3 is 10.6 Å². The van der Waals surface area contributed by atoms with Gasteiger partial charge in [0.1, 0.15) is 17.3 Å². The van der Waals surface area contributed by atoms with Crippen molar-refractivity contribution in [2.75, 3.05) is 0 Å². The molecule has 0 aliphatic heterocycles. The number of hydrogen-bond acceptors (Lipinski definition) is 4. The largest absolute Gasteiger partial charge is 0.347 e. The van der Waals surface area contributed by atoms with Crippen LogP contribution < -0.4 is 10.6 Å². The predicted octanol–water partition coefficient (Wildman–Crippen LogP) is 2.93. The Labute approximate surface area is 163 Å². The van der Waals surface area contributed by atoms with Crippen molar-refractivity contribution in [3.8, 4) is 0 Å². The van der Waals surface area contributed by atoms with Gasteiger partial charge in [0.2, 0.25) is 0 Å². The summed E-state index contributed by atoms with van der Waals surface area (Å²) >= 11 is 0. The van der Waals surface area contributed by atoms with Crippen molar-refractivity contribution in [3.05, 3.63) is 59.4 Å². The quantitative estimate of drug-likeness (QED) is 0.852. The third kappa shape index (κ3) is 3.61. The number of carbonyl (C=O) groups excluding carboxylic acids is 2. The first kappa shape index (κ1) is 18.5. The molecular weight excluding hydrogens is 359 g/mol. The number of nitrogens with one attached hydrogen (secondary N) is 2. The van der Waals surface area contributed by atoms with Crippen LogP contribution >= 0.6 is 0 Å².